The minimum atomic E-state index is -1.05. The van der Waals surface area contributed by atoms with Crippen molar-refractivity contribution in [2.45, 2.75) is 0 Å². The van der Waals surface area contributed by atoms with Crippen molar-refractivity contribution < 1.29 is 9.68 Å². The van der Waals surface area contributed by atoms with Gasteiger partial charge in [0.2, 0.25) is 0 Å². The number of benzene rings is 5. The molecule has 0 unspecified atom stereocenters. The predicted octanol–water partition coefficient (Wildman–Crippen LogP) is 5.61. The van der Waals surface area contributed by atoms with Crippen LogP contribution in [-0.4, -0.2) is 21.7 Å². The quantitative estimate of drug-likeness (QED) is 0.355. The Bertz CT molecular complexity index is 1600. The van der Waals surface area contributed by atoms with Crippen molar-refractivity contribution in [3.8, 4) is 22.8 Å². The smallest absolute Gasteiger partial charge is 0.532 e. The first-order chi connectivity index (χ1) is 16.8. The van der Waals surface area contributed by atoms with Gasteiger partial charge in [-0.05, 0) is 41.2 Å². The minimum Gasteiger partial charge on any atom is -0.532 e. The average Bonchev–Trinajstić information content (AvgIpc) is 3.29. The molecule has 6 rings (SSSR count). The maximum Gasteiger partial charge on any atom is 0.560 e. The van der Waals surface area contributed by atoms with E-state index in [0.717, 1.165) is 38.9 Å². The summed E-state index contributed by atoms with van der Waals surface area (Å²) in [7, 11) is -1.05. The van der Waals surface area contributed by atoms with E-state index in [1.807, 2.05) is 91.0 Å². The summed E-state index contributed by atoms with van der Waals surface area (Å²) in [6.07, 6.45) is 0. The van der Waals surface area contributed by atoms with E-state index in [1.165, 1.54) is 0 Å². The van der Waals surface area contributed by atoms with Crippen LogP contribution in [0.5, 0.6) is 5.75 Å². The van der Waals surface area contributed by atoms with E-state index >= 15 is 0 Å². The van der Waals surface area contributed by atoms with Gasteiger partial charge in [-0.3, -0.25) is 4.57 Å². The van der Waals surface area contributed by atoms with Crippen LogP contribution in [0.25, 0.3) is 38.9 Å². The molecule has 0 saturated carbocycles. The predicted molar refractivity (Wildman–Crippen MR) is 139 cm³/mol. The second-order valence-electron chi connectivity index (χ2n) is 8.13. The van der Waals surface area contributed by atoms with Crippen molar-refractivity contribution in [3.63, 3.8) is 0 Å². The largest absolute Gasteiger partial charge is 0.560 e. The Labute approximate surface area is 197 Å². The molecular formula is C29H21BN2O2. The Morgan fingerprint density at radius 2 is 1.32 bits per heavy atom. The Morgan fingerprint density at radius 1 is 0.647 bits per heavy atom. The normalized spacial score (nSPS) is 11.1. The van der Waals surface area contributed by atoms with Crippen molar-refractivity contribution in [2.75, 3.05) is 0 Å². The number of imidazole rings is 1. The van der Waals surface area contributed by atoms with Gasteiger partial charge in [0.1, 0.15) is 11.6 Å². The van der Waals surface area contributed by atoms with Gasteiger partial charge in [0.15, 0.2) is 0 Å². The fraction of sp³-hybridized carbons (Fsp3) is 0. The van der Waals surface area contributed by atoms with Crippen LogP contribution in [0.15, 0.2) is 121 Å². The molecule has 162 valence electrons. The lowest BCUT2D eigenvalue weighted by Crippen LogP contribution is -2.36. The molecule has 0 amide bonds. The molecule has 0 fully saturated rings. The molecule has 1 aromatic heterocycles. The number of aromatic nitrogens is 2. The van der Waals surface area contributed by atoms with Crippen LogP contribution in [0.3, 0.4) is 0 Å². The van der Waals surface area contributed by atoms with Gasteiger partial charge < -0.3 is 9.68 Å². The number of hydrogen-bond donors (Lipinski definition) is 1. The van der Waals surface area contributed by atoms with Gasteiger partial charge in [0.25, 0.3) is 0 Å². The first-order valence-electron chi connectivity index (χ1n) is 11.2. The molecular weight excluding hydrogens is 419 g/mol. The molecule has 34 heavy (non-hydrogen) atoms. The van der Waals surface area contributed by atoms with Gasteiger partial charge in [-0.1, -0.05) is 91.0 Å². The average molecular weight is 440 g/mol. The van der Waals surface area contributed by atoms with Gasteiger partial charge in [-0.25, -0.2) is 4.98 Å². The highest BCUT2D eigenvalue weighted by atomic mass is 16.5. The van der Waals surface area contributed by atoms with Crippen LogP contribution < -0.4 is 10.1 Å². The van der Waals surface area contributed by atoms with Crippen LogP contribution >= 0.6 is 0 Å². The van der Waals surface area contributed by atoms with Crippen molar-refractivity contribution >= 4 is 34.4 Å². The Hall–Kier alpha value is -4.35. The molecule has 0 aliphatic carbocycles. The highest BCUT2D eigenvalue weighted by Crippen LogP contribution is 2.36. The van der Waals surface area contributed by atoms with E-state index in [2.05, 4.69) is 34.9 Å². The zero-order valence-electron chi connectivity index (χ0n) is 18.4. The number of hydrogen-bond acceptors (Lipinski definition) is 3. The molecule has 5 aromatic carbocycles. The third-order valence-electron chi connectivity index (χ3n) is 6.02. The number of fused-ring (bicyclic) bond motifs is 2. The standard InChI is InChI=1S/C29H21BN2O2/c33-30(21-11-3-1-4-12-21)34-28-20-10-15-23-24(28)16-9-17-25(23)29-31-26-18-7-8-19-27(26)32(29)22-13-5-2-6-14-22/h1-20,33H. The molecule has 4 nitrogen and oxygen atoms in total. The van der Waals surface area contributed by atoms with Crippen LogP contribution in [0, 0.1) is 0 Å². The highest BCUT2D eigenvalue weighted by Gasteiger charge is 2.21. The summed E-state index contributed by atoms with van der Waals surface area (Å²) in [5.41, 5.74) is 4.74. The summed E-state index contributed by atoms with van der Waals surface area (Å²) in [4.78, 5) is 5.02. The van der Waals surface area contributed by atoms with Crippen molar-refractivity contribution in [3.05, 3.63) is 121 Å². The molecule has 0 saturated heterocycles. The molecule has 0 bridgehead atoms. The Morgan fingerprint density at radius 3 is 2.15 bits per heavy atom. The second kappa shape index (κ2) is 8.54. The molecule has 1 heterocycles. The van der Waals surface area contributed by atoms with E-state index in [0.29, 0.717) is 11.2 Å². The summed E-state index contributed by atoms with van der Waals surface area (Å²) < 4.78 is 8.20. The number of rotatable bonds is 5. The van der Waals surface area contributed by atoms with E-state index in [9.17, 15) is 5.02 Å². The lowest BCUT2D eigenvalue weighted by Gasteiger charge is -2.15. The lowest BCUT2D eigenvalue weighted by atomic mass is 9.79. The van der Waals surface area contributed by atoms with Gasteiger partial charge >= 0.3 is 7.12 Å². The molecule has 0 atom stereocenters. The van der Waals surface area contributed by atoms with Gasteiger partial charge in [0, 0.05) is 16.6 Å². The topological polar surface area (TPSA) is 47.3 Å². The maximum atomic E-state index is 10.7. The molecule has 0 aliphatic heterocycles. The maximum absolute atomic E-state index is 10.7. The molecule has 1 N–H and O–H groups in total. The third kappa shape index (κ3) is 3.53. The van der Waals surface area contributed by atoms with E-state index < -0.39 is 7.12 Å². The highest BCUT2D eigenvalue weighted by molar-refractivity contribution is 6.60. The first kappa shape index (κ1) is 20.3. The second-order valence-corrected chi connectivity index (χ2v) is 8.13. The molecule has 0 radical (unpaired) electrons. The zero-order valence-corrected chi connectivity index (χ0v) is 18.4. The fourth-order valence-electron chi connectivity index (χ4n) is 4.43. The summed E-state index contributed by atoms with van der Waals surface area (Å²) in [5, 5.41) is 12.6. The molecule has 0 aliphatic rings. The van der Waals surface area contributed by atoms with Gasteiger partial charge in [0.05, 0.1) is 11.0 Å². The molecule has 0 spiro atoms. The van der Waals surface area contributed by atoms with Gasteiger partial charge in [-0.15, -0.1) is 0 Å². The van der Waals surface area contributed by atoms with Crippen LogP contribution in [0.4, 0.5) is 0 Å². The molecule has 5 heteroatoms. The van der Waals surface area contributed by atoms with Gasteiger partial charge in [-0.2, -0.15) is 0 Å². The fourth-order valence-corrected chi connectivity index (χ4v) is 4.43. The van der Waals surface area contributed by atoms with E-state index in [1.54, 1.807) is 0 Å². The van der Waals surface area contributed by atoms with Crippen LogP contribution in [-0.2, 0) is 0 Å². The summed E-state index contributed by atoms with van der Waals surface area (Å²) in [6.45, 7) is 0. The first-order valence-corrected chi connectivity index (χ1v) is 11.2. The van der Waals surface area contributed by atoms with E-state index in [-0.39, 0.29) is 0 Å². The summed E-state index contributed by atoms with van der Waals surface area (Å²) >= 11 is 0. The van der Waals surface area contributed by atoms with E-state index in [4.69, 9.17) is 9.64 Å². The summed E-state index contributed by atoms with van der Waals surface area (Å²) in [6, 6.07) is 39.8. The van der Waals surface area contributed by atoms with Crippen molar-refractivity contribution in [2.24, 2.45) is 0 Å². The Kier molecular flexibility index (Phi) is 5.09. The van der Waals surface area contributed by atoms with Crippen LogP contribution in [0.2, 0.25) is 0 Å². The third-order valence-corrected chi connectivity index (χ3v) is 6.02. The summed E-state index contributed by atoms with van der Waals surface area (Å²) in [5.74, 6) is 1.48. The monoisotopic (exact) mass is 440 g/mol. The lowest BCUT2D eigenvalue weighted by molar-refractivity contribution is 0.435. The Balaban J connectivity index is 1.53. The molecule has 6 aromatic rings. The number of nitrogens with zero attached hydrogens (tertiary/aromatic N) is 2. The van der Waals surface area contributed by atoms with Crippen molar-refractivity contribution in [1.82, 2.24) is 9.55 Å². The van der Waals surface area contributed by atoms with Crippen LogP contribution in [0.1, 0.15) is 0 Å². The SMILES string of the molecule is OB(Oc1cccc2c(-c3nc4ccccc4n3-c3ccccc3)cccc12)c1ccccc1. The van der Waals surface area contributed by atoms with Crippen molar-refractivity contribution in [1.29, 1.82) is 0 Å². The minimum absolute atomic E-state index is 0.623. The zero-order chi connectivity index (χ0) is 22.9. The number of para-hydroxylation sites is 3.